The molecule has 0 saturated carbocycles. The van der Waals surface area contributed by atoms with Crippen LogP contribution in [0.2, 0.25) is 0 Å². The summed E-state index contributed by atoms with van der Waals surface area (Å²) in [5.74, 6) is 1.67. The normalized spacial score (nSPS) is 19.6. The minimum absolute atomic E-state index is 0.185. The third-order valence-electron chi connectivity index (χ3n) is 4.28. The molecule has 1 aromatic carbocycles. The van der Waals surface area contributed by atoms with Gasteiger partial charge in [-0.1, -0.05) is 0 Å². The Hall–Kier alpha value is -1.42. The predicted molar refractivity (Wildman–Crippen MR) is 79.3 cm³/mol. The average molecular weight is 275 g/mol. The van der Waals surface area contributed by atoms with E-state index in [0.717, 1.165) is 48.8 Å². The van der Waals surface area contributed by atoms with E-state index in [-0.39, 0.29) is 5.82 Å². The monoisotopic (exact) mass is 275 g/mol. The fraction of sp³-hybridized carbons (Fsp3) is 0.562. The predicted octanol–water partition coefficient (Wildman–Crippen LogP) is 3.13. The Bertz CT molecular complexity index is 585. The topological polar surface area (TPSA) is 29.9 Å². The number of piperidine rings is 1. The van der Waals surface area contributed by atoms with Gasteiger partial charge in [-0.05, 0) is 63.4 Å². The lowest BCUT2D eigenvalue weighted by atomic mass is 9.94. The highest BCUT2D eigenvalue weighted by molar-refractivity contribution is 5.76. The maximum absolute atomic E-state index is 13.4. The van der Waals surface area contributed by atoms with Crippen LogP contribution in [0.15, 0.2) is 18.2 Å². The molecular formula is C16H22FN3. The molecule has 0 amide bonds. The first-order valence-electron chi connectivity index (χ1n) is 7.63. The van der Waals surface area contributed by atoms with Gasteiger partial charge in [0.25, 0.3) is 0 Å². The summed E-state index contributed by atoms with van der Waals surface area (Å²) in [5, 5.41) is 3.46. The molecule has 0 spiro atoms. The number of benzene rings is 1. The summed E-state index contributed by atoms with van der Waals surface area (Å²) in [6.07, 6.45) is 4.74. The second kappa shape index (κ2) is 5.92. The molecular weight excluding hydrogens is 253 g/mol. The van der Waals surface area contributed by atoms with Crippen LogP contribution in [0, 0.1) is 11.7 Å². The van der Waals surface area contributed by atoms with E-state index in [1.165, 1.54) is 25.3 Å². The molecule has 20 heavy (non-hydrogen) atoms. The van der Waals surface area contributed by atoms with E-state index in [0.29, 0.717) is 0 Å². The summed E-state index contributed by atoms with van der Waals surface area (Å²) in [6, 6.07) is 4.87. The van der Waals surface area contributed by atoms with Gasteiger partial charge in [0.05, 0.1) is 11.0 Å². The van der Waals surface area contributed by atoms with Crippen LogP contribution >= 0.6 is 0 Å². The number of hydrogen-bond acceptors (Lipinski definition) is 2. The van der Waals surface area contributed by atoms with Gasteiger partial charge in [-0.25, -0.2) is 9.37 Å². The van der Waals surface area contributed by atoms with E-state index in [9.17, 15) is 4.39 Å². The van der Waals surface area contributed by atoms with Crippen molar-refractivity contribution in [1.29, 1.82) is 0 Å². The van der Waals surface area contributed by atoms with Crippen LogP contribution in [0.3, 0.4) is 0 Å². The Morgan fingerprint density at radius 1 is 1.45 bits per heavy atom. The first kappa shape index (κ1) is 13.6. The molecule has 3 nitrogen and oxygen atoms in total. The molecule has 0 bridgehead atoms. The number of halogens is 1. The second-order valence-electron chi connectivity index (χ2n) is 5.66. The van der Waals surface area contributed by atoms with Gasteiger partial charge in [0.2, 0.25) is 0 Å². The fourth-order valence-corrected chi connectivity index (χ4v) is 3.19. The van der Waals surface area contributed by atoms with Gasteiger partial charge in [0.15, 0.2) is 0 Å². The molecule has 4 heteroatoms. The highest BCUT2D eigenvalue weighted by Gasteiger charge is 2.15. The van der Waals surface area contributed by atoms with E-state index in [1.54, 1.807) is 12.1 Å². The number of nitrogens with zero attached hydrogens (tertiary/aromatic N) is 2. The van der Waals surface area contributed by atoms with E-state index >= 15 is 0 Å². The first-order valence-corrected chi connectivity index (χ1v) is 7.63. The third kappa shape index (κ3) is 2.70. The van der Waals surface area contributed by atoms with Crippen LogP contribution in [-0.4, -0.2) is 22.6 Å². The second-order valence-corrected chi connectivity index (χ2v) is 5.66. The van der Waals surface area contributed by atoms with E-state index in [1.807, 2.05) is 0 Å². The third-order valence-corrected chi connectivity index (χ3v) is 4.28. The quantitative estimate of drug-likeness (QED) is 0.929. The fourth-order valence-electron chi connectivity index (χ4n) is 3.19. The zero-order valence-corrected chi connectivity index (χ0v) is 12.0. The molecule has 1 N–H and O–H groups in total. The summed E-state index contributed by atoms with van der Waals surface area (Å²) in [4.78, 5) is 4.68. The highest BCUT2D eigenvalue weighted by Crippen LogP contribution is 2.21. The minimum atomic E-state index is -0.185. The van der Waals surface area contributed by atoms with Gasteiger partial charge in [0.1, 0.15) is 11.6 Å². The number of imidazole rings is 1. The summed E-state index contributed by atoms with van der Waals surface area (Å²) in [5.41, 5.74) is 1.83. The molecule has 1 atom stereocenters. The Morgan fingerprint density at radius 2 is 2.35 bits per heavy atom. The van der Waals surface area contributed by atoms with Gasteiger partial charge < -0.3 is 9.88 Å². The number of nitrogens with one attached hydrogen (secondary N) is 1. The highest BCUT2D eigenvalue weighted by atomic mass is 19.1. The van der Waals surface area contributed by atoms with E-state index in [2.05, 4.69) is 21.8 Å². The van der Waals surface area contributed by atoms with Gasteiger partial charge >= 0.3 is 0 Å². The SMILES string of the molecule is CCn1c(CCC2CCCNC2)nc2ccc(F)cc21. The van der Waals surface area contributed by atoms with Crippen molar-refractivity contribution in [3.8, 4) is 0 Å². The van der Waals surface area contributed by atoms with Crippen molar-refractivity contribution in [2.24, 2.45) is 5.92 Å². The van der Waals surface area contributed by atoms with Gasteiger partial charge in [-0.3, -0.25) is 0 Å². The molecule has 1 saturated heterocycles. The van der Waals surface area contributed by atoms with E-state index in [4.69, 9.17) is 0 Å². The Kier molecular flexibility index (Phi) is 4.01. The van der Waals surface area contributed by atoms with Crippen molar-refractivity contribution >= 4 is 11.0 Å². The number of aryl methyl sites for hydroxylation is 2. The van der Waals surface area contributed by atoms with Crippen molar-refractivity contribution in [2.45, 2.75) is 39.2 Å². The first-order chi connectivity index (χ1) is 9.78. The number of hydrogen-bond donors (Lipinski definition) is 1. The van der Waals surface area contributed by atoms with E-state index < -0.39 is 0 Å². The lowest BCUT2D eigenvalue weighted by molar-refractivity contribution is 0.355. The molecule has 1 aromatic heterocycles. The summed E-state index contributed by atoms with van der Waals surface area (Å²) >= 11 is 0. The van der Waals surface area contributed by atoms with Crippen LogP contribution < -0.4 is 5.32 Å². The number of aromatic nitrogens is 2. The minimum Gasteiger partial charge on any atom is -0.328 e. The molecule has 2 aromatic rings. The molecule has 108 valence electrons. The van der Waals surface area contributed by atoms with Crippen LogP contribution in [0.1, 0.15) is 32.0 Å². The lowest BCUT2D eigenvalue weighted by Crippen LogP contribution is -2.30. The van der Waals surface area contributed by atoms with Crippen molar-refractivity contribution in [1.82, 2.24) is 14.9 Å². The summed E-state index contributed by atoms with van der Waals surface area (Å²) in [6.45, 7) is 5.22. The summed E-state index contributed by atoms with van der Waals surface area (Å²) < 4.78 is 15.5. The van der Waals surface area contributed by atoms with Crippen LogP contribution in [0.4, 0.5) is 4.39 Å². The van der Waals surface area contributed by atoms with Crippen molar-refractivity contribution in [3.63, 3.8) is 0 Å². The molecule has 2 heterocycles. The molecule has 0 aliphatic carbocycles. The average Bonchev–Trinajstić information content (AvgIpc) is 2.83. The molecule has 1 aliphatic heterocycles. The summed E-state index contributed by atoms with van der Waals surface area (Å²) in [7, 11) is 0. The zero-order valence-electron chi connectivity index (χ0n) is 12.0. The largest absolute Gasteiger partial charge is 0.328 e. The maximum Gasteiger partial charge on any atom is 0.125 e. The van der Waals surface area contributed by atoms with Gasteiger partial charge in [0, 0.05) is 13.0 Å². The molecule has 0 radical (unpaired) electrons. The van der Waals surface area contributed by atoms with Crippen LogP contribution in [-0.2, 0) is 13.0 Å². The molecule has 1 fully saturated rings. The van der Waals surface area contributed by atoms with Crippen LogP contribution in [0.5, 0.6) is 0 Å². The lowest BCUT2D eigenvalue weighted by Gasteiger charge is -2.22. The standard InChI is InChI=1S/C16H22FN3/c1-2-20-15-10-13(17)6-7-14(15)19-16(20)8-5-12-4-3-9-18-11-12/h6-7,10,12,18H,2-5,8-9,11H2,1H3. The smallest absolute Gasteiger partial charge is 0.125 e. The molecule has 3 rings (SSSR count). The Morgan fingerprint density at radius 3 is 3.10 bits per heavy atom. The van der Waals surface area contributed by atoms with Crippen molar-refractivity contribution in [2.75, 3.05) is 13.1 Å². The maximum atomic E-state index is 13.4. The van der Waals surface area contributed by atoms with Crippen molar-refractivity contribution < 1.29 is 4.39 Å². The molecule has 1 unspecified atom stereocenters. The van der Waals surface area contributed by atoms with Gasteiger partial charge in [-0.2, -0.15) is 0 Å². The Labute approximate surface area is 119 Å². The van der Waals surface area contributed by atoms with Gasteiger partial charge in [-0.15, -0.1) is 0 Å². The number of fused-ring (bicyclic) bond motifs is 1. The number of rotatable bonds is 4. The zero-order chi connectivity index (χ0) is 13.9. The van der Waals surface area contributed by atoms with Crippen LogP contribution in [0.25, 0.3) is 11.0 Å². The Balaban J connectivity index is 1.79. The molecule has 1 aliphatic rings. The van der Waals surface area contributed by atoms with Crippen molar-refractivity contribution in [3.05, 3.63) is 29.8 Å².